The molecule has 0 aliphatic carbocycles. The lowest BCUT2D eigenvalue weighted by atomic mass is 9.98. The van der Waals surface area contributed by atoms with Crippen molar-refractivity contribution < 1.29 is 4.42 Å². The van der Waals surface area contributed by atoms with E-state index >= 15 is 0 Å². The van der Waals surface area contributed by atoms with Crippen LogP contribution in [-0.4, -0.2) is 19.5 Å². The highest BCUT2D eigenvalue weighted by Gasteiger charge is 2.22. The van der Waals surface area contributed by atoms with Gasteiger partial charge >= 0.3 is 0 Å². The summed E-state index contributed by atoms with van der Waals surface area (Å²) in [7, 11) is 0. The maximum absolute atomic E-state index is 7.10. The summed E-state index contributed by atoms with van der Waals surface area (Å²) in [6, 6.07) is 68.0. The van der Waals surface area contributed by atoms with Crippen molar-refractivity contribution in [3.8, 4) is 51.0 Å². The third-order valence-electron chi connectivity index (χ3n) is 11.4. The predicted molar refractivity (Wildman–Crippen MR) is 238 cm³/mol. The fourth-order valence-corrected chi connectivity index (χ4v) is 8.63. The number of hydrogen-bond donors (Lipinski definition) is 0. The van der Waals surface area contributed by atoms with E-state index in [1.54, 1.807) is 0 Å². The van der Waals surface area contributed by atoms with Crippen LogP contribution in [0.1, 0.15) is 0 Å². The lowest BCUT2D eigenvalue weighted by molar-refractivity contribution is 0.666. The SMILES string of the molecule is c1ccc(-c2nc(-c3ccc4ccccc4c3)nc(-c3ccc4c(c3)oc3c(-n5c6ccccc6c6cc7ccccc7cc65)ccc(-c5ccccc5)c34)n2)cc1. The van der Waals surface area contributed by atoms with E-state index in [9.17, 15) is 0 Å². The van der Waals surface area contributed by atoms with Gasteiger partial charge in [-0.1, -0.05) is 152 Å². The second kappa shape index (κ2) is 12.8. The first-order valence-electron chi connectivity index (χ1n) is 19.5. The highest BCUT2D eigenvalue weighted by atomic mass is 16.3. The molecule has 270 valence electrons. The summed E-state index contributed by atoms with van der Waals surface area (Å²) in [4.78, 5) is 15.2. The molecule has 0 bridgehead atoms. The van der Waals surface area contributed by atoms with Crippen LogP contribution >= 0.6 is 0 Å². The van der Waals surface area contributed by atoms with Gasteiger partial charge in [0.2, 0.25) is 0 Å². The van der Waals surface area contributed by atoms with Crippen LogP contribution in [0.15, 0.2) is 199 Å². The Bertz CT molecular complexity index is 3570. The van der Waals surface area contributed by atoms with Gasteiger partial charge in [-0.25, -0.2) is 15.0 Å². The summed E-state index contributed by atoms with van der Waals surface area (Å²) in [6.45, 7) is 0. The average Bonchev–Trinajstić information content (AvgIpc) is 3.84. The molecule has 0 atom stereocenters. The van der Waals surface area contributed by atoms with Crippen molar-refractivity contribution in [2.24, 2.45) is 0 Å². The van der Waals surface area contributed by atoms with E-state index in [1.165, 1.54) is 26.9 Å². The lowest BCUT2D eigenvalue weighted by Gasteiger charge is -2.12. The van der Waals surface area contributed by atoms with Gasteiger partial charge in [0.05, 0.1) is 16.7 Å². The van der Waals surface area contributed by atoms with Crippen molar-refractivity contribution in [2.45, 2.75) is 0 Å². The van der Waals surface area contributed by atoms with Gasteiger partial charge in [0, 0.05) is 38.2 Å². The predicted octanol–water partition coefficient (Wildman–Crippen LogP) is 13.8. The van der Waals surface area contributed by atoms with Crippen LogP contribution in [0.2, 0.25) is 0 Å². The smallest absolute Gasteiger partial charge is 0.164 e. The minimum atomic E-state index is 0.581. The number of para-hydroxylation sites is 1. The molecule has 0 saturated carbocycles. The molecule has 12 rings (SSSR count). The van der Waals surface area contributed by atoms with E-state index in [1.807, 2.05) is 30.3 Å². The van der Waals surface area contributed by atoms with Crippen molar-refractivity contribution in [1.29, 1.82) is 0 Å². The van der Waals surface area contributed by atoms with Gasteiger partial charge in [-0.05, 0) is 75.1 Å². The standard InChI is InChI=1S/C53H32N4O/c1-3-14-34(15-4-1)41-27-28-46(57-45-22-12-11-21-42(45)44-30-37-19-9-10-20-38(37)31-47(44)57)50-49(41)43-26-25-40(32-48(43)58-50)53-55-51(35-16-5-2-6-17-35)54-52(56-53)39-24-23-33-13-7-8-18-36(33)29-39/h1-32H. The Morgan fingerprint density at radius 1 is 0.362 bits per heavy atom. The summed E-state index contributed by atoms with van der Waals surface area (Å²) >= 11 is 0. The molecule has 0 amide bonds. The molecule has 0 aliphatic rings. The number of nitrogens with zero attached hydrogens (tertiary/aromatic N) is 4. The molecule has 0 fully saturated rings. The monoisotopic (exact) mass is 740 g/mol. The lowest BCUT2D eigenvalue weighted by Crippen LogP contribution is -2.00. The Morgan fingerprint density at radius 2 is 0.948 bits per heavy atom. The summed E-state index contributed by atoms with van der Waals surface area (Å²) in [5.74, 6) is 1.81. The zero-order valence-electron chi connectivity index (χ0n) is 31.2. The van der Waals surface area contributed by atoms with Gasteiger partial charge in [-0.2, -0.15) is 0 Å². The van der Waals surface area contributed by atoms with Crippen LogP contribution in [0.25, 0.3) is 116 Å². The molecule has 5 nitrogen and oxygen atoms in total. The largest absolute Gasteiger partial charge is 0.454 e. The third kappa shape index (κ3) is 5.14. The van der Waals surface area contributed by atoms with E-state index in [0.717, 1.165) is 71.9 Å². The Balaban J connectivity index is 1.11. The molecule has 0 spiro atoms. The number of furan rings is 1. The molecule has 0 radical (unpaired) electrons. The molecule has 0 aliphatic heterocycles. The minimum absolute atomic E-state index is 0.581. The number of hydrogen-bond acceptors (Lipinski definition) is 4. The summed E-state index contributed by atoms with van der Waals surface area (Å²) in [5.41, 5.74) is 9.77. The highest BCUT2D eigenvalue weighted by molar-refractivity contribution is 6.18. The van der Waals surface area contributed by atoms with Crippen LogP contribution in [-0.2, 0) is 0 Å². The average molecular weight is 741 g/mol. The van der Waals surface area contributed by atoms with Gasteiger partial charge in [-0.15, -0.1) is 0 Å². The maximum Gasteiger partial charge on any atom is 0.164 e. The Labute approximate surface area is 333 Å². The molecule has 0 N–H and O–H groups in total. The molecule has 5 heteroatoms. The Morgan fingerprint density at radius 3 is 1.71 bits per heavy atom. The van der Waals surface area contributed by atoms with Gasteiger partial charge < -0.3 is 8.98 Å². The Kier molecular flexibility index (Phi) is 7.16. The van der Waals surface area contributed by atoms with Crippen molar-refractivity contribution in [3.05, 3.63) is 194 Å². The molecule has 0 saturated heterocycles. The summed E-state index contributed by atoms with van der Waals surface area (Å²) in [5, 5.41) is 9.22. The topological polar surface area (TPSA) is 56.7 Å². The van der Waals surface area contributed by atoms with Crippen molar-refractivity contribution >= 4 is 65.3 Å². The van der Waals surface area contributed by atoms with Gasteiger partial charge in [0.1, 0.15) is 5.58 Å². The van der Waals surface area contributed by atoms with E-state index in [0.29, 0.717) is 17.5 Å². The minimum Gasteiger partial charge on any atom is -0.454 e. The fraction of sp³-hybridized carbons (Fsp3) is 0. The van der Waals surface area contributed by atoms with Gasteiger partial charge in [0.25, 0.3) is 0 Å². The highest BCUT2D eigenvalue weighted by Crippen LogP contribution is 2.44. The Hall–Kier alpha value is -7.89. The van der Waals surface area contributed by atoms with Crippen LogP contribution in [0, 0.1) is 0 Å². The molecule has 12 aromatic rings. The first-order chi connectivity index (χ1) is 28.7. The fourth-order valence-electron chi connectivity index (χ4n) is 8.63. The quantitative estimate of drug-likeness (QED) is 0.176. The third-order valence-corrected chi connectivity index (χ3v) is 11.4. The molecule has 9 aromatic carbocycles. The van der Waals surface area contributed by atoms with E-state index in [-0.39, 0.29) is 0 Å². The number of fused-ring (bicyclic) bond motifs is 8. The summed E-state index contributed by atoms with van der Waals surface area (Å²) < 4.78 is 9.47. The first-order valence-corrected chi connectivity index (χ1v) is 19.5. The number of aromatic nitrogens is 4. The van der Waals surface area contributed by atoms with E-state index in [4.69, 9.17) is 19.4 Å². The second-order valence-electron chi connectivity index (χ2n) is 14.8. The van der Waals surface area contributed by atoms with E-state index < -0.39 is 0 Å². The molecular formula is C53H32N4O. The summed E-state index contributed by atoms with van der Waals surface area (Å²) in [6.07, 6.45) is 0. The zero-order valence-corrected chi connectivity index (χ0v) is 31.2. The van der Waals surface area contributed by atoms with Crippen molar-refractivity contribution in [3.63, 3.8) is 0 Å². The number of benzene rings is 9. The molecule has 58 heavy (non-hydrogen) atoms. The molecular weight excluding hydrogens is 709 g/mol. The maximum atomic E-state index is 7.10. The normalized spacial score (nSPS) is 11.8. The molecule has 0 unspecified atom stereocenters. The van der Waals surface area contributed by atoms with Crippen LogP contribution in [0.5, 0.6) is 0 Å². The van der Waals surface area contributed by atoms with Crippen LogP contribution < -0.4 is 0 Å². The number of rotatable bonds is 5. The van der Waals surface area contributed by atoms with Crippen molar-refractivity contribution in [2.75, 3.05) is 0 Å². The first kappa shape index (κ1) is 32.4. The molecule has 3 heterocycles. The second-order valence-corrected chi connectivity index (χ2v) is 14.8. The van der Waals surface area contributed by atoms with Crippen LogP contribution in [0.3, 0.4) is 0 Å². The van der Waals surface area contributed by atoms with Gasteiger partial charge in [0.15, 0.2) is 23.1 Å². The van der Waals surface area contributed by atoms with E-state index in [2.05, 4.69) is 168 Å². The zero-order chi connectivity index (χ0) is 38.2. The van der Waals surface area contributed by atoms with Crippen molar-refractivity contribution in [1.82, 2.24) is 19.5 Å². The molecule has 3 aromatic heterocycles. The van der Waals surface area contributed by atoms with Gasteiger partial charge in [-0.3, -0.25) is 0 Å². The van der Waals surface area contributed by atoms with Crippen LogP contribution in [0.4, 0.5) is 0 Å².